The predicted octanol–water partition coefficient (Wildman–Crippen LogP) is 1.50. The molecule has 0 unspecified atom stereocenters. The summed E-state index contributed by atoms with van der Waals surface area (Å²) >= 11 is 4.82. The molecule has 0 saturated carbocycles. The maximum atomic E-state index is 5.43. The summed E-state index contributed by atoms with van der Waals surface area (Å²) in [6.45, 7) is 2.86. The van der Waals surface area contributed by atoms with Gasteiger partial charge in [-0.2, -0.15) is 0 Å². The normalized spacial score (nSPS) is 9.86. The molecule has 0 fully saturated rings. The van der Waals surface area contributed by atoms with Crippen LogP contribution in [0, 0.1) is 6.92 Å². The third-order valence-electron chi connectivity index (χ3n) is 1.99. The second kappa shape index (κ2) is 4.91. The van der Waals surface area contributed by atoms with Crippen LogP contribution in [-0.2, 0) is 0 Å². The van der Waals surface area contributed by atoms with Crippen molar-refractivity contribution in [2.45, 2.75) is 13.3 Å². The monoisotopic (exact) mass is 209 g/mol. The largest absolute Gasteiger partial charge is 0.393 e. The molecular formula is C10H15N3S. The lowest BCUT2D eigenvalue weighted by Crippen LogP contribution is -2.23. The van der Waals surface area contributed by atoms with Gasteiger partial charge in [-0.3, -0.25) is 0 Å². The van der Waals surface area contributed by atoms with Gasteiger partial charge in [0.25, 0.3) is 0 Å². The highest BCUT2D eigenvalue weighted by molar-refractivity contribution is 7.80. The first-order valence-corrected chi connectivity index (χ1v) is 4.92. The number of rotatable bonds is 4. The Labute approximate surface area is 89.9 Å². The van der Waals surface area contributed by atoms with E-state index in [4.69, 9.17) is 18.0 Å². The smallest absolute Gasteiger partial charge is 0.128 e. The summed E-state index contributed by atoms with van der Waals surface area (Å²) in [5.41, 5.74) is 6.64. The quantitative estimate of drug-likeness (QED) is 0.763. The molecule has 0 aliphatic heterocycles. The zero-order valence-corrected chi connectivity index (χ0v) is 9.34. The fourth-order valence-corrected chi connectivity index (χ4v) is 1.21. The minimum atomic E-state index is 0.546. The minimum Gasteiger partial charge on any atom is -0.393 e. The molecule has 0 spiro atoms. The molecule has 0 atom stereocenters. The van der Waals surface area contributed by atoms with E-state index in [2.05, 4.69) is 4.98 Å². The lowest BCUT2D eigenvalue weighted by atomic mass is 10.3. The number of aromatic nitrogens is 1. The third kappa shape index (κ3) is 3.30. The van der Waals surface area contributed by atoms with Crippen LogP contribution in [0.4, 0.5) is 5.82 Å². The van der Waals surface area contributed by atoms with E-state index in [1.807, 2.05) is 37.2 Å². The van der Waals surface area contributed by atoms with Crippen molar-refractivity contribution in [2.24, 2.45) is 5.73 Å². The lowest BCUT2D eigenvalue weighted by molar-refractivity contribution is 0.897. The van der Waals surface area contributed by atoms with Gasteiger partial charge >= 0.3 is 0 Å². The maximum Gasteiger partial charge on any atom is 0.128 e. The minimum absolute atomic E-state index is 0.546. The van der Waals surface area contributed by atoms with Gasteiger partial charge in [0.15, 0.2) is 0 Å². The molecule has 76 valence electrons. The predicted molar refractivity (Wildman–Crippen MR) is 63.6 cm³/mol. The van der Waals surface area contributed by atoms with E-state index in [0.29, 0.717) is 4.99 Å². The Morgan fingerprint density at radius 3 is 2.93 bits per heavy atom. The van der Waals surface area contributed by atoms with Gasteiger partial charge < -0.3 is 10.6 Å². The van der Waals surface area contributed by atoms with Crippen molar-refractivity contribution in [3.63, 3.8) is 0 Å². The highest BCUT2D eigenvalue weighted by Crippen LogP contribution is 2.10. The van der Waals surface area contributed by atoms with Gasteiger partial charge in [-0.05, 0) is 24.6 Å². The van der Waals surface area contributed by atoms with E-state index >= 15 is 0 Å². The first kappa shape index (κ1) is 10.9. The van der Waals surface area contributed by atoms with Crippen LogP contribution in [0.15, 0.2) is 18.3 Å². The van der Waals surface area contributed by atoms with Crippen LogP contribution in [-0.4, -0.2) is 23.6 Å². The molecule has 0 radical (unpaired) electrons. The summed E-state index contributed by atoms with van der Waals surface area (Å²) in [7, 11) is 1.99. The molecule has 0 aliphatic rings. The summed E-state index contributed by atoms with van der Waals surface area (Å²) in [6, 6.07) is 4.02. The Balaban J connectivity index is 2.60. The van der Waals surface area contributed by atoms with Gasteiger partial charge in [-0.25, -0.2) is 4.98 Å². The van der Waals surface area contributed by atoms with Crippen molar-refractivity contribution < 1.29 is 0 Å². The zero-order chi connectivity index (χ0) is 10.6. The molecular weight excluding hydrogens is 194 g/mol. The van der Waals surface area contributed by atoms with Crippen molar-refractivity contribution in [3.05, 3.63) is 23.9 Å². The van der Waals surface area contributed by atoms with Crippen molar-refractivity contribution in [3.8, 4) is 0 Å². The van der Waals surface area contributed by atoms with Crippen LogP contribution in [0.5, 0.6) is 0 Å². The van der Waals surface area contributed by atoms with E-state index in [1.165, 1.54) is 5.56 Å². The number of pyridine rings is 1. The number of nitrogens with zero attached hydrogens (tertiary/aromatic N) is 2. The third-order valence-corrected chi connectivity index (χ3v) is 2.19. The molecule has 1 aromatic heterocycles. The molecule has 1 aromatic rings. The van der Waals surface area contributed by atoms with Gasteiger partial charge in [-0.15, -0.1) is 0 Å². The van der Waals surface area contributed by atoms with Gasteiger partial charge in [0, 0.05) is 26.2 Å². The van der Waals surface area contributed by atoms with Crippen LogP contribution in [0.1, 0.15) is 12.0 Å². The lowest BCUT2D eigenvalue weighted by Gasteiger charge is -2.17. The van der Waals surface area contributed by atoms with E-state index in [9.17, 15) is 0 Å². The van der Waals surface area contributed by atoms with E-state index in [1.54, 1.807) is 0 Å². The SMILES string of the molecule is Cc1ccnc(N(C)CCC(N)=S)c1. The molecule has 1 heterocycles. The van der Waals surface area contributed by atoms with Crippen molar-refractivity contribution >= 4 is 23.0 Å². The van der Waals surface area contributed by atoms with Gasteiger partial charge in [0.1, 0.15) is 5.82 Å². The molecule has 3 nitrogen and oxygen atoms in total. The molecule has 0 aromatic carbocycles. The Morgan fingerprint density at radius 2 is 2.36 bits per heavy atom. The number of hydrogen-bond donors (Lipinski definition) is 1. The van der Waals surface area contributed by atoms with Crippen LogP contribution in [0.2, 0.25) is 0 Å². The number of nitrogens with two attached hydrogens (primary N) is 1. The molecule has 14 heavy (non-hydrogen) atoms. The van der Waals surface area contributed by atoms with Crippen LogP contribution >= 0.6 is 12.2 Å². The Hall–Kier alpha value is -1.16. The summed E-state index contributed by atoms with van der Waals surface area (Å²) < 4.78 is 0. The van der Waals surface area contributed by atoms with Crippen LogP contribution in [0.25, 0.3) is 0 Å². The number of hydrogen-bond acceptors (Lipinski definition) is 3. The summed E-state index contributed by atoms with van der Waals surface area (Å²) in [5, 5.41) is 0. The molecule has 0 amide bonds. The van der Waals surface area contributed by atoms with Crippen LogP contribution in [0.3, 0.4) is 0 Å². The molecule has 2 N–H and O–H groups in total. The van der Waals surface area contributed by atoms with Gasteiger partial charge in [0.2, 0.25) is 0 Å². The fraction of sp³-hybridized carbons (Fsp3) is 0.400. The molecule has 0 aliphatic carbocycles. The number of anilines is 1. The standard InChI is InChI=1S/C10H15N3S/c1-8-3-5-12-10(7-8)13(2)6-4-9(11)14/h3,5,7H,4,6H2,1-2H3,(H2,11,14). The zero-order valence-electron chi connectivity index (χ0n) is 8.53. The first-order chi connectivity index (χ1) is 6.59. The highest BCUT2D eigenvalue weighted by atomic mass is 32.1. The maximum absolute atomic E-state index is 5.43. The van der Waals surface area contributed by atoms with Crippen LogP contribution < -0.4 is 10.6 Å². The molecule has 1 rings (SSSR count). The number of thiocarbonyl (C=S) groups is 1. The average Bonchev–Trinajstić information content (AvgIpc) is 2.14. The van der Waals surface area contributed by atoms with Gasteiger partial charge in [-0.1, -0.05) is 12.2 Å². The Bertz CT molecular complexity index is 325. The van der Waals surface area contributed by atoms with Gasteiger partial charge in [0.05, 0.1) is 4.99 Å². The second-order valence-electron chi connectivity index (χ2n) is 3.33. The fourth-order valence-electron chi connectivity index (χ4n) is 1.12. The molecule has 0 saturated heterocycles. The second-order valence-corrected chi connectivity index (χ2v) is 3.85. The molecule has 0 bridgehead atoms. The summed E-state index contributed by atoms with van der Waals surface area (Å²) in [5.74, 6) is 0.959. The van der Waals surface area contributed by atoms with E-state index in [0.717, 1.165) is 18.8 Å². The summed E-state index contributed by atoms with van der Waals surface area (Å²) in [6.07, 6.45) is 2.53. The van der Waals surface area contributed by atoms with Crippen molar-refractivity contribution in [1.29, 1.82) is 0 Å². The first-order valence-electron chi connectivity index (χ1n) is 4.51. The summed E-state index contributed by atoms with van der Waals surface area (Å²) in [4.78, 5) is 6.85. The van der Waals surface area contributed by atoms with E-state index in [-0.39, 0.29) is 0 Å². The van der Waals surface area contributed by atoms with Crippen molar-refractivity contribution in [2.75, 3.05) is 18.5 Å². The van der Waals surface area contributed by atoms with E-state index < -0.39 is 0 Å². The Kier molecular flexibility index (Phi) is 3.83. The topological polar surface area (TPSA) is 42.2 Å². The average molecular weight is 209 g/mol. The van der Waals surface area contributed by atoms with Crippen molar-refractivity contribution in [1.82, 2.24) is 4.98 Å². The highest BCUT2D eigenvalue weighted by Gasteiger charge is 2.02. The number of aryl methyl sites for hydroxylation is 1. The Morgan fingerprint density at radius 1 is 1.64 bits per heavy atom. The molecule has 4 heteroatoms.